The lowest BCUT2D eigenvalue weighted by Gasteiger charge is -2.18. The Hall–Kier alpha value is -2.24. The molecular weight excluding hydrogens is 313 g/mol. The van der Waals surface area contributed by atoms with Crippen molar-refractivity contribution in [2.75, 3.05) is 5.73 Å². The van der Waals surface area contributed by atoms with Crippen LogP contribution in [0.3, 0.4) is 0 Å². The molecule has 8 heteroatoms. The van der Waals surface area contributed by atoms with Crippen LogP contribution in [0.1, 0.15) is 12.5 Å². The summed E-state index contributed by atoms with van der Waals surface area (Å²) in [5.74, 6) is 2.37. The molecule has 0 saturated heterocycles. The van der Waals surface area contributed by atoms with E-state index in [1.54, 1.807) is 4.57 Å². The van der Waals surface area contributed by atoms with E-state index in [0.717, 1.165) is 0 Å². The summed E-state index contributed by atoms with van der Waals surface area (Å²) in [6, 6.07) is -0.421. The molecule has 0 saturated carbocycles. The normalized spacial score (nSPS) is 24.4. The number of aliphatic hydroxyl groups is 1. The SMILES string of the molecule is C[Si](C)(C)C#C[C@]1(O)C[C@@H](n2cnc3c(N)ncnc32)C=C1F. The highest BCUT2D eigenvalue weighted by molar-refractivity contribution is 6.83. The molecule has 0 unspecified atom stereocenters. The zero-order valence-electron chi connectivity index (χ0n) is 13.2. The third kappa shape index (κ3) is 2.85. The van der Waals surface area contributed by atoms with Crippen LogP contribution in [0.5, 0.6) is 0 Å². The fourth-order valence-electron chi connectivity index (χ4n) is 2.46. The summed E-state index contributed by atoms with van der Waals surface area (Å²) < 4.78 is 16.0. The molecule has 2 aromatic rings. The highest BCUT2D eigenvalue weighted by Gasteiger charge is 2.40. The number of hydrogen-bond acceptors (Lipinski definition) is 5. The number of fused-ring (bicyclic) bond motifs is 1. The fraction of sp³-hybridized carbons (Fsp3) is 0.400. The van der Waals surface area contributed by atoms with E-state index in [0.29, 0.717) is 11.2 Å². The number of nitrogens with two attached hydrogens (primary N) is 1. The predicted octanol–water partition coefficient (Wildman–Crippen LogP) is 1.82. The Morgan fingerprint density at radius 3 is 2.83 bits per heavy atom. The van der Waals surface area contributed by atoms with Gasteiger partial charge in [0, 0.05) is 6.42 Å². The second kappa shape index (κ2) is 5.14. The van der Waals surface area contributed by atoms with E-state index < -0.39 is 25.5 Å². The molecule has 0 bridgehead atoms. The largest absolute Gasteiger partial charge is 0.382 e. The van der Waals surface area contributed by atoms with Gasteiger partial charge in [-0.3, -0.25) is 0 Å². The van der Waals surface area contributed by atoms with Gasteiger partial charge >= 0.3 is 0 Å². The molecule has 0 aromatic carbocycles. The van der Waals surface area contributed by atoms with Gasteiger partial charge in [0.05, 0.1) is 12.4 Å². The van der Waals surface area contributed by atoms with Crippen LogP contribution >= 0.6 is 0 Å². The van der Waals surface area contributed by atoms with Gasteiger partial charge in [-0.05, 0) is 6.08 Å². The van der Waals surface area contributed by atoms with Crippen molar-refractivity contribution in [3.8, 4) is 11.5 Å². The van der Waals surface area contributed by atoms with Crippen LogP contribution in [-0.2, 0) is 0 Å². The number of anilines is 1. The Balaban J connectivity index is 1.97. The van der Waals surface area contributed by atoms with Gasteiger partial charge in [0.2, 0.25) is 0 Å². The molecular formula is C15H18FN5OSi. The minimum absolute atomic E-state index is 0.117. The van der Waals surface area contributed by atoms with Crippen molar-refractivity contribution in [1.82, 2.24) is 19.5 Å². The molecule has 3 N–H and O–H groups in total. The molecule has 2 atom stereocenters. The quantitative estimate of drug-likeness (QED) is 0.614. The van der Waals surface area contributed by atoms with E-state index in [4.69, 9.17) is 5.73 Å². The molecule has 2 aromatic heterocycles. The maximum Gasteiger partial charge on any atom is 0.178 e. The van der Waals surface area contributed by atoms with E-state index in [-0.39, 0.29) is 12.2 Å². The third-order valence-corrected chi connectivity index (χ3v) is 4.50. The number of hydrogen-bond donors (Lipinski definition) is 2. The molecule has 0 aliphatic heterocycles. The van der Waals surface area contributed by atoms with Crippen molar-refractivity contribution in [3.63, 3.8) is 0 Å². The van der Waals surface area contributed by atoms with Crippen molar-refractivity contribution in [2.45, 2.75) is 37.7 Å². The lowest BCUT2D eigenvalue weighted by atomic mass is 10.0. The second-order valence-corrected chi connectivity index (χ2v) is 11.5. The van der Waals surface area contributed by atoms with E-state index in [1.165, 1.54) is 18.7 Å². The van der Waals surface area contributed by atoms with Crippen LogP contribution in [0.15, 0.2) is 24.6 Å². The zero-order chi connectivity index (χ0) is 16.8. The number of imidazole rings is 1. The van der Waals surface area contributed by atoms with Crippen LogP contribution in [0.4, 0.5) is 10.2 Å². The van der Waals surface area contributed by atoms with Crippen molar-refractivity contribution in [1.29, 1.82) is 0 Å². The van der Waals surface area contributed by atoms with Crippen LogP contribution in [0.2, 0.25) is 19.6 Å². The average molecular weight is 331 g/mol. The fourth-order valence-corrected chi connectivity index (χ4v) is 3.04. The second-order valence-electron chi connectivity index (χ2n) is 6.73. The van der Waals surface area contributed by atoms with Gasteiger partial charge in [-0.25, -0.2) is 19.3 Å². The smallest absolute Gasteiger partial charge is 0.178 e. The summed E-state index contributed by atoms with van der Waals surface area (Å²) in [6.45, 7) is 6.13. The third-order valence-electron chi connectivity index (χ3n) is 3.63. The Kier molecular flexibility index (Phi) is 3.50. The highest BCUT2D eigenvalue weighted by atomic mass is 28.3. The summed E-state index contributed by atoms with van der Waals surface area (Å²) >= 11 is 0. The minimum Gasteiger partial charge on any atom is -0.382 e. The van der Waals surface area contributed by atoms with Gasteiger partial charge in [-0.1, -0.05) is 25.6 Å². The van der Waals surface area contributed by atoms with Gasteiger partial charge in [-0.15, -0.1) is 5.54 Å². The Labute approximate surface area is 134 Å². The molecule has 0 spiro atoms. The van der Waals surface area contributed by atoms with E-state index in [1.807, 2.05) is 19.6 Å². The molecule has 1 aliphatic rings. The summed E-state index contributed by atoms with van der Waals surface area (Å²) in [7, 11) is -1.71. The molecule has 0 radical (unpaired) electrons. The molecule has 1 aliphatic carbocycles. The standard InChI is InChI=1S/C15H18FN5OSi/c1-23(2,3)5-4-15(22)7-10(6-11(15)16)21-9-20-12-13(17)18-8-19-14(12)21/h6,8-10,22H,7H2,1-3H3,(H2,17,18,19)/t10-,15-/m0/s1. The lowest BCUT2D eigenvalue weighted by molar-refractivity contribution is 0.109. The summed E-state index contributed by atoms with van der Waals surface area (Å²) in [4.78, 5) is 12.2. The van der Waals surface area contributed by atoms with Gasteiger partial charge in [-0.2, -0.15) is 0 Å². The zero-order valence-corrected chi connectivity index (χ0v) is 14.2. The number of rotatable bonds is 1. The molecule has 0 fully saturated rings. The van der Waals surface area contributed by atoms with E-state index in [2.05, 4.69) is 26.4 Å². The number of aromatic nitrogens is 4. The Morgan fingerprint density at radius 1 is 1.39 bits per heavy atom. The first kappa shape index (κ1) is 15.6. The van der Waals surface area contributed by atoms with Crippen LogP contribution in [-0.4, -0.2) is 38.3 Å². The van der Waals surface area contributed by atoms with Crippen molar-refractivity contribution >= 4 is 25.1 Å². The number of halogens is 1. The molecule has 0 amide bonds. The van der Waals surface area contributed by atoms with Crippen molar-refractivity contribution in [2.24, 2.45) is 0 Å². The summed E-state index contributed by atoms with van der Waals surface area (Å²) in [5, 5.41) is 10.5. The maximum absolute atomic E-state index is 14.3. The van der Waals surface area contributed by atoms with Crippen LogP contribution < -0.4 is 5.73 Å². The Morgan fingerprint density at radius 2 is 2.13 bits per heavy atom. The molecule has 23 heavy (non-hydrogen) atoms. The lowest BCUT2D eigenvalue weighted by Crippen LogP contribution is -2.28. The highest BCUT2D eigenvalue weighted by Crippen LogP contribution is 2.38. The minimum atomic E-state index is -1.75. The average Bonchev–Trinajstić information content (AvgIpc) is 3.00. The van der Waals surface area contributed by atoms with E-state index in [9.17, 15) is 9.50 Å². The Bertz CT molecular complexity index is 860. The van der Waals surface area contributed by atoms with E-state index >= 15 is 0 Å². The molecule has 2 heterocycles. The molecule has 120 valence electrons. The monoisotopic (exact) mass is 331 g/mol. The van der Waals surface area contributed by atoms with Crippen molar-refractivity contribution in [3.05, 3.63) is 24.6 Å². The van der Waals surface area contributed by atoms with Crippen molar-refractivity contribution < 1.29 is 9.50 Å². The summed E-state index contributed by atoms with van der Waals surface area (Å²) in [5.41, 5.74) is 8.02. The summed E-state index contributed by atoms with van der Waals surface area (Å²) in [6.07, 6.45) is 4.34. The predicted molar refractivity (Wildman–Crippen MR) is 88.7 cm³/mol. The first-order valence-corrected chi connectivity index (χ1v) is 10.8. The number of nitrogen functional groups attached to an aromatic ring is 1. The van der Waals surface area contributed by atoms with Crippen LogP contribution in [0, 0.1) is 11.5 Å². The van der Waals surface area contributed by atoms with Crippen LogP contribution in [0.25, 0.3) is 11.2 Å². The van der Waals surface area contributed by atoms with Gasteiger partial charge in [0.1, 0.15) is 25.7 Å². The number of nitrogens with zero attached hydrogens (tertiary/aromatic N) is 4. The first-order valence-electron chi connectivity index (χ1n) is 7.27. The first-order chi connectivity index (χ1) is 10.7. The molecule has 6 nitrogen and oxygen atoms in total. The number of allylic oxidation sites excluding steroid dienone is 1. The van der Waals surface area contributed by atoms with Gasteiger partial charge in [0.25, 0.3) is 0 Å². The van der Waals surface area contributed by atoms with Gasteiger partial charge in [0.15, 0.2) is 17.1 Å². The van der Waals surface area contributed by atoms with Gasteiger partial charge < -0.3 is 15.4 Å². The topological polar surface area (TPSA) is 89.8 Å². The molecule has 3 rings (SSSR count). The maximum atomic E-state index is 14.3.